The molecule has 0 heterocycles. The van der Waals surface area contributed by atoms with E-state index >= 15 is 0 Å². The van der Waals surface area contributed by atoms with Gasteiger partial charge in [-0.15, -0.1) is 0 Å². The summed E-state index contributed by atoms with van der Waals surface area (Å²) in [5.41, 5.74) is 5.41. The number of carboxylic acids is 1. The zero-order chi connectivity index (χ0) is 9.07. The summed E-state index contributed by atoms with van der Waals surface area (Å²) in [4.78, 5) is 10.2. The lowest BCUT2D eigenvalue weighted by Crippen LogP contribution is -2.42. The molecule has 0 radical (unpaired) electrons. The van der Waals surface area contributed by atoms with E-state index in [9.17, 15) is 9.90 Å². The largest absolute Gasteiger partial charge is 0.548 e. The molecule has 66 valence electrons. The monoisotopic (exact) mass is 158 g/mol. The Labute approximate surface area is 67.6 Å². The van der Waals surface area contributed by atoms with Crippen LogP contribution in [0.5, 0.6) is 0 Å². The van der Waals surface area contributed by atoms with E-state index in [1.54, 1.807) is 0 Å². The van der Waals surface area contributed by atoms with Crippen LogP contribution < -0.4 is 10.8 Å². The highest BCUT2D eigenvalue weighted by atomic mass is 16.4. The highest BCUT2D eigenvalue weighted by Gasteiger charge is 2.12. The lowest BCUT2D eigenvalue weighted by Gasteiger charge is -2.21. The van der Waals surface area contributed by atoms with Gasteiger partial charge in [-0.2, -0.15) is 0 Å². The van der Waals surface area contributed by atoms with Crippen molar-refractivity contribution in [3.8, 4) is 0 Å². The van der Waals surface area contributed by atoms with Crippen molar-refractivity contribution in [2.45, 2.75) is 39.7 Å². The second-order valence-corrected chi connectivity index (χ2v) is 4.02. The normalized spacial score (nSPS) is 14.5. The zero-order valence-electron chi connectivity index (χ0n) is 7.39. The van der Waals surface area contributed by atoms with Crippen LogP contribution in [0.1, 0.15) is 33.6 Å². The van der Waals surface area contributed by atoms with Crippen LogP contribution in [0.25, 0.3) is 0 Å². The molecule has 2 N–H and O–H groups in total. The third-order valence-corrected chi connectivity index (χ3v) is 1.51. The summed E-state index contributed by atoms with van der Waals surface area (Å²) in [5, 5.41) is 10.2. The summed E-state index contributed by atoms with van der Waals surface area (Å²) < 4.78 is 0. The van der Waals surface area contributed by atoms with Gasteiger partial charge in [-0.1, -0.05) is 20.8 Å². The maximum atomic E-state index is 10.2. The second kappa shape index (κ2) is 3.72. The second-order valence-electron chi connectivity index (χ2n) is 4.02. The molecule has 0 rings (SSSR count). The Hall–Kier alpha value is -0.570. The van der Waals surface area contributed by atoms with Gasteiger partial charge in [0.2, 0.25) is 0 Å². The quantitative estimate of drug-likeness (QED) is 0.623. The van der Waals surface area contributed by atoms with Crippen LogP contribution in [-0.4, -0.2) is 12.0 Å². The number of rotatable bonds is 3. The predicted octanol–water partition coefficient (Wildman–Crippen LogP) is -0.110. The summed E-state index contributed by atoms with van der Waals surface area (Å²) in [5.74, 6) is -1.16. The van der Waals surface area contributed by atoms with Gasteiger partial charge in [0.1, 0.15) is 0 Å². The molecule has 0 bridgehead atoms. The highest BCUT2D eigenvalue weighted by molar-refractivity contribution is 5.70. The molecule has 0 aromatic carbocycles. The van der Waals surface area contributed by atoms with Gasteiger partial charge in [-0.05, 0) is 18.3 Å². The first-order valence-corrected chi connectivity index (χ1v) is 3.79. The Bertz CT molecular complexity index is 138. The number of hydrogen-bond acceptors (Lipinski definition) is 3. The number of aliphatic carboxylic acids is 1. The van der Waals surface area contributed by atoms with Gasteiger partial charge in [-0.25, -0.2) is 0 Å². The van der Waals surface area contributed by atoms with Gasteiger partial charge < -0.3 is 15.6 Å². The average Bonchev–Trinajstić information content (AvgIpc) is 1.80. The zero-order valence-corrected chi connectivity index (χ0v) is 7.39. The molecular weight excluding hydrogens is 142 g/mol. The highest BCUT2D eigenvalue weighted by Crippen LogP contribution is 2.20. The third-order valence-electron chi connectivity index (χ3n) is 1.51. The molecule has 0 aliphatic rings. The SMILES string of the molecule is CC(C)(C)CC[C@H](N)C(=O)[O-]. The van der Waals surface area contributed by atoms with E-state index in [0.29, 0.717) is 6.42 Å². The maximum absolute atomic E-state index is 10.2. The molecule has 0 spiro atoms. The van der Waals surface area contributed by atoms with Crippen molar-refractivity contribution in [1.29, 1.82) is 0 Å². The van der Waals surface area contributed by atoms with Crippen molar-refractivity contribution in [2.75, 3.05) is 0 Å². The molecule has 0 saturated heterocycles. The van der Waals surface area contributed by atoms with Gasteiger partial charge >= 0.3 is 0 Å². The van der Waals surface area contributed by atoms with E-state index in [0.717, 1.165) is 6.42 Å². The summed E-state index contributed by atoms with van der Waals surface area (Å²) >= 11 is 0. The van der Waals surface area contributed by atoms with Crippen molar-refractivity contribution in [1.82, 2.24) is 0 Å². The fourth-order valence-electron chi connectivity index (χ4n) is 0.706. The van der Waals surface area contributed by atoms with Crippen LogP contribution in [0.2, 0.25) is 0 Å². The molecule has 0 fully saturated rings. The Morgan fingerprint density at radius 3 is 2.27 bits per heavy atom. The molecular formula is C8H16NO2-. The van der Waals surface area contributed by atoms with Crippen molar-refractivity contribution >= 4 is 5.97 Å². The molecule has 1 atom stereocenters. The minimum absolute atomic E-state index is 0.146. The van der Waals surface area contributed by atoms with Crippen LogP contribution in [0.15, 0.2) is 0 Å². The molecule has 0 aromatic heterocycles. The molecule has 0 unspecified atom stereocenters. The van der Waals surface area contributed by atoms with E-state index in [2.05, 4.69) is 20.8 Å². The van der Waals surface area contributed by atoms with Crippen molar-refractivity contribution in [3.63, 3.8) is 0 Å². The summed E-state index contributed by atoms with van der Waals surface area (Å²) in [6.45, 7) is 6.15. The fraction of sp³-hybridized carbons (Fsp3) is 0.875. The van der Waals surface area contributed by atoms with Crippen LogP contribution >= 0.6 is 0 Å². The lowest BCUT2D eigenvalue weighted by atomic mass is 9.89. The fourth-order valence-corrected chi connectivity index (χ4v) is 0.706. The molecule has 11 heavy (non-hydrogen) atoms. The van der Waals surface area contributed by atoms with E-state index in [1.165, 1.54) is 0 Å². The number of carbonyl (C=O) groups excluding carboxylic acids is 1. The Balaban J connectivity index is 3.63. The summed E-state index contributed by atoms with van der Waals surface area (Å²) in [6, 6.07) is -0.811. The van der Waals surface area contributed by atoms with E-state index in [-0.39, 0.29) is 5.41 Å². The van der Waals surface area contributed by atoms with Crippen LogP contribution in [0.4, 0.5) is 0 Å². The average molecular weight is 158 g/mol. The van der Waals surface area contributed by atoms with Gasteiger partial charge in [0, 0.05) is 6.04 Å². The molecule has 3 nitrogen and oxygen atoms in total. The minimum Gasteiger partial charge on any atom is -0.548 e. The number of nitrogens with two attached hydrogens (primary N) is 1. The summed E-state index contributed by atoms with van der Waals surface area (Å²) in [7, 11) is 0. The standard InChI is InChI=1S/C8H17NO2/c1-8(2,3)5-4-6(9)7(10)11/h6H,4-5,9H2,1-3H3,(H,10,11)/p-1/t6-/m0/s1. The van der Waals surface area contributed by atoms with Gasteiger partial charge in [0.25, 0.3) is 0 Å². The maximum Gasteiger partial charge on any atom is 0.0582 e. The van der Waals surface area contributed by atoms with Crippen molar-refractivity contribution < 1.29 is 9.90 Å². The molecule has 0 aromatic rings. The Morgan fingerprint density at radius 1 is 1.55 bits per heavy atom. The van der Waals surface area contributed by atoms with Gasteiger partial charge in [0.15, 0.2) is 0 Å². The number of carbonyl (C=O) groups is 1. The van der Waals surface area contributed by atoms with Crippen LogP contribution in [-0.2, 0) is 4.79 Å². The minimum atomic E-state index is -1.16. The first-order chi connectivity index (χ1) is 4.83. The smallest absolute Gasteiger partial charge is 0.0582 e. The molecule has 0 amide bonds. The molecule has 0 aliphatic heterocycles. The molecule has 0 saturated carbocycles. The topological polar surface area (TPSA) is 66.2 Å². The first-order valence-electron chi connectivity index (χ1n) is 3.79. The van der Waals surface area contributed by atoms with Crippen molar-refractivity contribution in [3.05, 3.63) is 0 Å². The van der Waals surface area contributed by atoms with E-state index < -0.39 is 12.0 Å². The molecule has 0 aliphatic carbocycles. The third kappa shape index (κ3) is 5.85. The van der Waals surface area contributed by atoms with E-state index in [4.69, 9.17) is 5.73 Å². The number of carboxylic acid groups (broad SMARTS) is 1. The van der Waals surface area contributed by atoms with Crippen molar-refractivity contribution in [2.24, 2.45) is 11.1 Å². The van der Waals surface area contributed by atoms with E-state index in [1.807, 2.05) is 0 Å². The Kier molecular flexibility index (Phi) is 3.52. The molecule has 3 heteroatoms. The summed E-state index contributed by atoms with van der Waals surface area (Å²) in [6.07, 6.45) is 1.30. The first kappa shape index (κ1) is 10.4. The predicted molar refractivity (Wildman–Crippen MR) is 41.7 cm³/mol. The Morgan fingerprint density at radius 2 is 2.00 bits per heavy atom. The van der Waals surface area contributed by atoms with Gasteiger partial charge in [0.05, 0.1) is 5.97 Å². The van der Waals surface area contributed by atoms with Gasteiger partial charge in [-0.3, -0.25) is 0 Å². The van der Waals surface area contributed by atoms with Crippen LogP contribution in [0, 0.1) is 5.41 Å². The number of hydrogen-bond donors (Lipinski definition) is 1. The lowest BCUT2D eigenvalue weighted by molar-refractivity contribution is -0.307. The van der Waals surface area contributed by atoms with Crippen LogP contribution in [0.3, 0.4) is 0 Å².